The number of carbonyl (C=O) groups is 3. The van der Waals surface area contributed by atoms with Gasteiger partial charge in [-0.05, 0) is 50.4 Å². The molecular formula is C26H33N3O7. The highest BCUT2D eigenvalue weighted by atomic mass is 16.3. The zero-order chi connectivity index (χ0) is 26.8. The molecule has 36 heavy (non-hydrogen) atoms. The lowest BCUT2D eigenvalue weighted by Gasteiger charge is -2.46. The molecule has 194 valence electrons. The molecule has 0 radical (unpaired) electrons. The fourth-order valence-electron chi connectivity index (χ4n) is 6.19. The van der Waals surface area contributed by atoms with Crippen molar-refractivity contribution in [3.63, 3.8) is 0 Å². The maximum Gasteiger partial charge on any atom is 0.177 e. The van der Waals surface area contributed by atoms with E-state index < -0.39 is 58.7 Å². The Balaban J connectivity index is 1.94. The maximum atomic E-state index is 13.8. The van der Waals surface area contributed by atoms with E-state index in [1.807, 2.05) is 0 Å². The van der Waals surface area contributed by atoms with Crippen LogP contribution in [0.2, 0.25) is 0 Å². The molecule has 0 aromatic heterocycles. The Labute approximate surface area is 209 Å². The van der Waals surface area contributed by atoms with Gasteiger partial charge in [0.15, 0.2) is 17.3 Å². The third-order valence-electron chi connectivity index (χ3n) is 7.73. The molecule has 4 unspecified atom stereocenters. The number of phenols is 1. The van der Waals surface area contributed by atoms with Crippen molar-refractivity contribution in [1.82, 2.24) is 4.90 Å². The van der Waals surface area contributed by atoms with Crippen LogP contribution in [0.15, 0.2) is 23.0 Å². The Morgan fingerprint density at radius 3 is 2.31 bits per heavy atom. The summed E-state index contributed by atoms with van der Waals surface area (Å²) in [5.41, 5.74) is 6.50. The van der Waals surface area contributed by atoms with E-state index in [-0.39, 0.29) is 41.1 Å². The van der Waals surface area contributed by atoms with Gasteiger partial charge in [-0.25, -0.2) is 0 Å². The van der Waals surface area contributed by atoms with E-state index in [2.05, 4.69) is 0 Å². The number of aromatic hydroxyl groups is 1. The van der Waals surface area contributed by atoms with Crippen molar-refractivity contribution < 1.29 is 34.8 Å². The monoisotopic (exact) mass is 499 g/mol. The number of aliphatic hydroxyl groups excluding tert-OH is 3. The number of aliphatic hydroxyl groups is 3. The molecule has 10 nitrogen and oxygen atoms in total. The van der Waals surface area contributed by atoms with E-state index >= 15 is 0 Å². The summed E-state index contributed by atoms with van der Waals surface area (Å²) >= 11 is 0. The van der Waals surface area contributed by atoms with Crippen LogP contribution in [-0.4, -0.2) is 83.1 Å². The first-order valence-electron chi connectivity index (χ1n) is 12.0. The average molecular weight is 500 g/mol. The van der Waals surface area contributed by atoms with E-state index in [1.165, 1.54) is 0 Å². The molecule has 3 aliphatic carbocycles. The molecule has 0 spiro atoms. The Bertz CT molecular complexity index is 1230. The number of carbonyl (C=O) groups excluding carboxylic acids is 3. The SMILES string of the molecule is CCC(=O)c1cc(N(C)C)c2c(c1O)C(O)=C1C(=O)C3C(=O)C(C(N)O)=C(O)[C@H](N(C)C)C3CC1C2. The molecule has 0 amide bonds. The van der Waals surface area contributed by atoms with Crippen LogP contribution >= 0.6 is 0 Å². The number of allylic oxidation sites excluding steroid dienone is 1. The van der Waals surface area contributed by atoms with E-state index in [9.17, 15) is 34.8 Å². The van der Waals surface area contributed by atoms with Crippen LogP contribution in [0, 0.1) is 17.8 Å². The number of phenolic OH excluding ortho intramolecular Hbond substituents is 1. The summed E-state index contributed by atoms with van der Waals surface area (Å²) in [7, 11) is 6.98. The second-order valence-electron chi connectivity index (χ2n) is 10.2. The standard InChI is InChI=1S/C26H33N3O7/c1-6-15(30)12-9-14(28(2)3)11-7-10-8-13-18(23(33)16(10)22(32)17(11)21(12)31)24(34)19(26(27)36)25(35)20(13)29(4)5/h9-10,13,18,20,26,31-32,35-36H,6-8,27H2,1-5H3/t10?,13?,18?,20-,26?/m1/s1. The van der Waals surface area contributed by atoms with Gasteiger partial charge in [0.25, 0.3) is 0 Å². The molecule has 10 heteroatoms. The molecular weight excluding hydrogens is 466 g/mol. The van der Waals surface area contributed by atoms with Gasteiger partial charge >= 0.3 is 0 Å². The summed E-state index contributed by atoms with van der Waals surface area (Å²) in [5, 5.41) is 43.3. The molecule has 0 aliphatic heterocycles. The second-order valence-corrected chi connectivity index (χ2v) is 10.2. The fourth-order valence-corrected chi connectivity index (χ4v) is 6.19. The van der Waals surface area contributed by atoms with Gasteiger partial charge in [-0.15, -0.1) is 0 Å². The molecule has 1 saturated carbocycles. The molecule has 6 N–H and O–H groups in total. The second kappa shape index (κ2) is 9.02. The number of anilines is 1. The lowest BCUT2D eigenvalue weighted by molar-refractivity contribution is -0.136. The molecule has 0 heterocycles. The van der Waals surface area contributed by atoms with Gasteiger partial charge in [-0.3, -0.25) is 19.3 Å². The van der Waals surface area contributed by atoms with E-state index in [0.717, 1.165) is 0 Å². The Morgan fingerprint density at radius 2 is 1.78 bits per heavy atom. The highest BCUT2D eigenvalue weighted by molar-refractivity contribution is 6.20. The van der Waals surface area contributed by atoms with Crippen molar-refractivity contribution in [2.75, 3.05) is 33.1 Å². The summed E-state index contributed by atoms with van der Waals surface area (Å²) in [6.07, 6.45) is -1.04. The Morgan fingerprint density at radius 1 is 1.14 bits per heavy atom. The van der Waals surface area contributed by atoms with Crippen LogP contribution in [0.5, 0.6) is 5.75 Å². The quantitative estimate of drug-likeness (QED) is 0.226. The van der Waals surface area contributed by atoms with E-state index in [4.69, 9.17) is 5.73 Å². The minimum Gasteiger partial charge on any atom is -0.510 e. The third-order valence-corrected chi connectivity index (χ3v) is 7.73. The smallest absolute Gasteiger partial charge is 0.177 e. The summed E-state index contributed by atoms with van der Waals surface area (Å²) in [6, 6.07) is 0.864. The zero-order valence-electron chi connectivity index (χ0n) is 21.1. The molecule has 1 aromatic carbocycles. The lowest BCUT2D eigenvalue weighted by atomic mass is 9.59. The summed E-state index contributed by atoms with van der Waals surface area (Å²) in [5.74, 6) is -5.24. The number of nitrogens with zero attached hydrogens (tertiary/aromatic N) is 2. The van der Waals surface area contributed by atoms with Gasteiger partial charge in [-0.1, -0.05) is 6.92 Å². The predicted octanol–water partition coefficient (Wildman–Crippen LogP) is 1.30. The van der Waals surface area contributed by atoms with Crippen molar-refractivity contribution in [3.05, 3.63) is 39.7 Å². The zero-order valence-corrected chi connectivity index (χ0v) is 21.1. The number of fused-ring (bicyclic) bond motifs is 3. The first kappa shape index (κ1) is 25.9. The summed E-state index contributed by atoms with van der Waals surface area (Å²) in [4.78, 5) is 43.2. The van der Waals surface area contributed by atoms with Crippen molar-refractivity contribution in [1.29, 1.82) is 0 Å². The number of nitrogens with two attached hydrogens (primary N) is 1. The number of benzene rings is 1. The fraction of sp³-hybridized carbons (Fsp3) is 0.500. The minimum atomic E-state index is -1.77. The number of ketones is 3. The van der Waals surface area contributed by atoms with Crippen molar-refractivity contribution >= 4 is 28.8 Å². The van der Waals surface area contributed by atoms with Crippen molar-refractivity contribution in [2.24, 2.45) is 23.5 Å². The molecule has 0 bridgehead atoms. The topological polar surface area (TPSA) is 165 Å². The number of hydrogen-bond donors (Lipinski definition) is 5. The minimum absolute atomic E-state index is 0.0166. The van der Waals surface area contributed by atoms with Crippen LogP contribution in [0.1, 0.15) is 41.3 Å². The number of likely N-dealkylation sites (N-methyl/N-ethyl adjacent to an activating group) is 1. The summed E-state index contributed by atoms with van der Waals surface area (Å²) < 4.78 is 0. The predicted molar refractivity (Wildman–Crippen MR) is 133 cm³/mol. The van der Waals surface area contributed by atoms with Gasteiger partial charge in [0, 0.05) is 31.8 Å². The van der Waals surface area contributed by atoms with Crippen LogP contribution in [-0.2, 0) is 16.0 Å². The van der Waals surface area contributed by atoms with Gasteiger partial charge in [-0.2, -0.15) is 0 Å². The van der Waals surface area contributed by atoms with Crippen LogP contribution in [0.3, 0.4) is 0 Å². The molecule has 0 saturated heterocycles. The van der Waals surface area contributed by atoms with Crippen LogP contribution in [0.25, 0.3) is 5.76 Å². The maximum absolute atomic E-state index is 13.8. The van der Waals surface area contributed by atoms with Gasteiger partial charge < -0.3 is 31.1 Å². The van der Waals surface area contributed by atoms with Gasteiger partial charge in [0.1, 0.15) is 23.5 Å². The lowest BCUT2D eigenvalue weighted by Crippen LogP contribution is -2.56. The molecule has 1 fully saturated rings. The largest absolute Gasteiger partial charge is 0.510 e. The van der Waals surface area contributed by atoms with Gasteiger partial charge in [0.2, 0.25) is 0 Å². The first-order valence-corrected chi connectivity index (χ1v) is 12.0. The molecule has 1 aromatic rings. The number of rotatable bonds is 5. The van der Waals surface area contributed by atoms with Gasteiger partial charge in [0.05, 0.1) is 28.7 Å². The van der Waals surface area contributed by atoms with Crippen LogP contribution in [0.4, 0.5) is 5.69 Å². The average Bonchev–Trinajstić information content (AvgIpc) is 2.77. The normalized spacial score (nSPS) is 26.6. The van der Waals surface area contributed by atoms with Crippen LogP contribution < -0.4 is 10.6 Å². The molecule has 4 rings (SSSR count). The van der Waals surface area contributed by atoms with Crippen molar-refractivity contribution in [2.45, 2.75) is 38.5 Å². The number of hydrogen-bond acceptors (Lipinski definition) is 10. The van der Waals surface area contributed by atoms with E-state index in [0.29, 0.717) is 17.7 Å². The molecule has 5 atom stereocenters. The van der Waals surface area contributed by atoms with E-state index in [1.54, 1.807) is 51.0 Å². The summed E-state index contributed by atoms with van der Waals surface area (Å²) in [6.45, 7) is 1.66. The highest BCUT2D eigenvalue weighted by Crippen LogP contribution is 2.52. The molecule has 3 aliphatic rings. The first-order chi connectivity index (χ1) is 16.8. The number of Topliss-reactive ketones (excluding diaryl/α,β-unsaturated/α-hetero) is 3. The Kier molecular flexibility index (Phi) is 6.48. The Hall–Kier alpha value is -3.21. The highest BCUT2D eigenvalue weighted by Gasteiger charge is 2.55. The van der Waals surface area contributed by atoms with Crippen molar-refractivity contribution in [3.8, 4) is 5.75 Å². The third kappa shape index (κ3) is 3.63.